The Hall–Kier alpha value is -2.87. The predicted octanol–water partition coefficient (Wildman–Crippen LogP) is 3.67. The van der Waals surface area contributed by atoms with Gasteiger partial charge in [-0.25, -0.2) is 13.2 Å². The number of carbonyl (C=O) groups excluding carboxylic acids is 2. The van der Waals surface area contributed by atoms with Crippen LogP contribution in [0.4, 0.5) is 18.9 Å². The minimum atomic E-state index is -1.65. The van der Waals surface area contributed by atoms with Crippen LogP contribution in [-0.2, 0) is 9.59 Å². The van der Waals surface area contributed by atoms with Gasteiger partial charge >= 0.3 is 0 Å². The molecule has 2 N–H and O–H groups in total. The Morgan fingerprint density at radius 2 is 1.70 bits per heavy atom. The van der Waals surface area contributed by atoms with Gasteiger partial charge in [0.25, 0.3) is 0 Å². The van der Waals surface area contributed by atoms with E-state index in [1.54, 1.807) is 14.0 Å². The van der Waals surface area contributed by atoms with Gasteiger partial charge in [0.2, 0.25) is 11.8 Å². The number of nitrogens with one attached hydrogen (secondary N) is 2. The molecular weight excluding hydrogens is 395 g/mol. The molecule has 0 unspecified atom stereocenters. The van der Waals surface area contributed by atoms with E-state index in [0.29, 0.717) is 6.54 Å². The van der Waals surface area contributed by atoms with Crippen LogP contribution in [0.3, 0.4) is 0 Å². The second kappa shape index (κ2) is 10.8. The maximum atomic E-state index is 13.7. The summed E-state index contributed by atoms with van der Waals surface area (Å²) >= 11 is 0. The van der Waals surface area contributed by atoms with Crippen molar-refractivity contribution in [2.24, 2.45) is 0 Å². The summed E-state index contributed by atoms with van der Waals surface area (Å²) in [6.07, 6.45) is 0.858. The molecule has 0 radical (unpaired) electrons. The lowest BCUT2D eigenvalue weighted by Crippen LogP contribution is -2.46. The van der Waals surface area contributed by atoms with E-state index >= 15 is 0 Å². The highest BCUT2D eigenvalue weighted by molar-refractivity contribution is 5.93. The first-order valence-electron chi connectivity index (χ1n) is 9.70. The Bertz CT molecular complexity index is 877. The molecule has 5 nitrogen and oxygen atoms in total. The van der Waals surface area contributed by atoms with Crippen molar-refractivity contribution in [3.05, 3.63) is 65.5 Å². The molecular formula is C22H26F3N3O2. The highest BCUT2D eigenvalue weighted by Gasteiger charge is 2.22. The van der Waals surface area contributed by atoms with Crippen LogP contribution in [0.5, 0.6) is 0 Å². The molecule has 0 saturated heterocycles. The van der Waals surface area contributed by atoms with Crippen molar-refractivity contribution in [2.75, 3.05) is 25.5 Å². The third-order valence-electron chi connectivity index (χ3n) is 5.03. The highest BCUT2D eigenvalue weighted by atomic mass is 19.2. The molecule has 0 saturated carbocycles. The summed E-state index contributed by atoms with van der Waals surface area (Å²) in [6.45, 7) is 3.91. The van der Waals surface area contributed by atoms with Gasteiger partial charge in [-0.1, -0.05) is 37.3 Å². The summed E-state index contributed by atoms with van der Waals surface area (Å²) in [4.78, 5) is 26.1. The van der Waals surface area contributed by atoms with Gasteiger partial charge in [0.15, 0.2) is 17.5 Å². The van der Waals surface area contributed by atoms with Crippen molar-refractivity contribution < 1.29 is 22.8 Å². The average Bonchev–Trinajstić information content (AvgIpc) is 2.74. The number of hydrogen-bond donors (Lipinski definition) is 2. The zero-order valence-corrected chi connectivity index (χ0v) is 17.2. The molecule has 8 heteroatoms. The molecule has 162 valence electrons. The topological polar surface area (TPSA) is 61.4 Å². The quantitative estimate of drug-likeness (QED) is 0.608. The molecule has 2 amide bonds. The molecule has 2 atom stereocenters. The number of anilines is 1. The average molecular weight is 421 g/mol. The molecule has 0 aliphatic heterocycles. The van der Waals surface area contributed by atoms with Gasteiger partial charge in [-0.15, -0.1) is 0 Å². The summed E-state index contributed by atoms with van der Waals surface area (Å²) < 4.78 is 39.9. The smallest absolute Gasteiger partial charge is 0.238 e. The Morgan fingerprint density at radius 3 is 2.33 bits per heavy atom. The lowest BCUT2D eigenvalue weighted by Gasteiger charge is -2.24. The van der Waals surface area contributed by atoms with E-state index < -0.39 is 35.1 Å². The maximum absolute atomic E-state index is 13.7. The molecule has 0 aromatic heterocycles. The zero-order valence-electron chi connectivity index (χ0n) is 17.2. The van der Waals surface area contributed by atoms with Crippen LogP contribution in [0, 0.1) is 17.5 Å². The molecule has 0 heterocycles. The van der Waals surface area contributed by atoms with Gasteiger partial charge in [-0.2, -0.15) is 0 Å². The van der Waals surface area contributed by atoms with E-state index in [4.69, 9.17) is 0 Å². The van der Waals surface area contributed by atoms with Crippen molar-refractivity contribution in [1.29, 1.82) is 0 Å². The lowest BCUT2D eigenvalue weighted by molar-refractivity contribution is -0.126. The number of likely N-dealkylation sites (N-methyl/N-ethyl adjacent to an activating group) is 1. The largest absolute Gasteiger partial charge is 0.354 e. The molecule has 0 bridgehead atoms. The zero-order chi connectivity index (χ0) is 22.3. The van der Waals surface area contributed by atoms with E-state index in [2.05, 4.69) is 10.6 Å². The Balaban J connectivity index is 1.88. The number of nitrogens with zero attached hydrogens (tertiary/aromatic N) is 1. The maximum Gasteiger partial charge on any atom is 0.238 e. The van der Waals surface area contributed by atoms with Crippen LogP contribution in [-0.4, -0.2) is 42.9 Å². The van der Waals surface area contributed by atoms with Crippen molar-refractivity contribution in [2.45, 2.75) is 32.2 Å². The summed E-state index contributed by atoms with van der Waals surface area (Å²) in [7, 11) is 1.57. The van der Waals surface area contributed by atoms with Gasteiger partial charge in [-0.3, -0.25) is 14.5 Å². The third kappa shape index (κ3) is 6.06. The molecule has 30 heavy (non-hydrogen) atoms. The molecule has 0 fully saturated rings. The number of hydrogen-bond acceptors (Lipinski definition) is 3. The standard InChI is InChI=1S/C22H26F3N3O2/c1-4-15(16-8-6-5-7-9-16)12-26-22(30)14(2)28(3)13-19(29)27-18-11-10-17(23)20(24)21(18)25/h5-11,14-15H,4,12-13H2,1-3H3,(H,26,30)(H,27,29)/t14-,15+/m1/s1. The van der Waals surface area contributed by atoms with Gasteiger partial charge in [0.05, 0.1) is 18.3 Å². The van der Waals surface area contributed by atoms with Crippen LogP contribution in [0.25, 0.3) is 0 Å². The van der Waals surface area contributed by atoms with Crippen molar-refractivity contribution >= 4 is 17.5 Å². The first-order chi connectivity index (χ1) is 14.2. The normalized spacial score (nSPS) is 13.0. The number of carbonyl (C=O) groups is 2. The fourth-order valence-electron chi connectivity index (χ4n) is 2.97. The second-order valence-electron chi connectivity index (χ2n) is 7.12. The van der Waals surface area contributed by atoms with Gasteiger partial charge < -0.3 is 10.6 Å². The third-order valence-corrected chi connectivity index (χ3v) is 5.03. The van der Waals surface area contributed by atoms with E-state index in [9.17, 15) is 22.8 Å². The van der Waals surface area contributed by atoms with Gasteiger partial charge in [0.1, 0.15) is 0 Å². The van der Waals surface area contributed by atoms with E-state index in [1.807, 2.05) is 37.3 Å². The first kappa shape index (κ1) is 23.4. The Kier molecular flexibility index (Phi) is 8.41. The summed E-state index contributed by atoms with van der Waals surface area (Å²) in [5.74, 6) is -5.20. The van der Waals surface area contributed by atoms with E-state index in [-0.39, 0.29) is 18.4 Å². The minimum Gasteiger partial charge on any atom is -0.354 e. The summed E-state index contributed by atoms with van der Waals surface area (Å²) in [5.41, 5.74) is 0.673. The molecule has 0 spiro atoms. The predicted molar refractivity (Wildman–Crippen MR) is 110 cm³/mol. The van der Waals surface area contributed by atoms with E-state index in [1.165, 1.54) is 4.90 Å². The number of amides is 2. The number of benzene rings is 2. The fraction of sp³-hybridized carbons (Fsp3) is 0.364. The molecule has 0 aliphatic carbocycles. The highest BCUT2D eigenvalue weighted by Crippen LogP contribution is 2.20. The summed E-state index contributed by atoms with van der Waals surface area (Å²) in [6, 6.07) is 10.9. The number of halogens is 3. The summed E-state index contributed by atoms with van der Waals surface area (Å²) in [5, 5.41) is 5.08. The lowest BCUT2D eigenvalue weighted by atomic mass is 9.96. The minimum absolute atomic E-state index is 0.173. The van der Waals surface area contributed by atoms with Crippen molar-refractivity contribution in [3.8, 4) is 0 Å². The van der Waals surface area contributed by atoms with Crippen molar-refractivity contribution in [1.82, 2.24) is 10.2 Å². The fourth-order valence-corrected chi connectivity index (χ4v) is 2.97. The monoisotopic (exact) mass is 421 g/mol. The van der Waals surface area contributed by atoms with E-state index in [0.717, 1.165) is 24.1 Å². The van der Waals surface area contributed by atoms with Crippen LogP contribution >= 0.6 is 0 Å². The first-order valence-corrected chi connectivity index (χ1v) is 9.70. The Labute approximate surface area is 174 Å². The number of rotatable bonds is 9. The molecule has 2 aromatic rings. The van der Waals surface area contributed by atoms with Gasteiger partial charge in [0, 0.05) is 12.5 Å². The molecule has 2 aromatic carbocycles. The van der Waals surface area contributed by atoms with Gasteiger partial charge in [-0.05, 0) is 38.1 Å². The molecule has 0 aliphatic rings. The van der Waals surface area contributed by atoms with Crippen LogP contribution in [0.2, 0.25) is 0 Å². The second-order valence-corrected chi connectivity index (χ2v) is 7.12. The SMILES string of the molecule is CC[C@@H](CNC(=O)[C@@H](C)N(C)CC(=O)Nc1ccc(F)c(F)c1F)c1ccccc1. The van der Waals surface area contributed by atoms with Crippen LogP contribution in [0.15, 0.2) is 42.5 Å². The van der Waals surface area contributed by atoms with Crippen molar-refractivity contribution in [3.63, 3.8) is 0 Å². The van der Waals surface area contributed by atoms with Crippen LogP contribution < -0.4 is 10.6 Å². The molecule has 2 rings (SSSR count). The Morgan fingerprint density at radius 1 is 1.03 bits per heavy atom. The van der Waals surface area contributed by atoms with Crippen LogP contribution in [0.1, 0.15) is 31.7 Å².